The van der Waals surface area contributed by atoms with E-state index >= 15 is 0 Å². The van der Waals surface area contributed by atoms with Gasteiger partial charge in [0.15, 0.2) is 0 Å². The van der Waals surface area contributed by atoms with Gasteiger partial charge in [0.25, 0.3) is 5.78 Å². The summed E-state index contributed by atoms with van der Waals surface area (Å²) in [5, 5.41) is 17.3. The van der Waals surface area contributed by atoms with Crippen LogP contribution in [0, 0.1) is 0 Å². The molecule has 0 saturated heterocycles. The van der Waals surface area contributed by atoms with Crippen LogP contribution < -0.4 is 0 Å². The number of hydrogen-bond acceptors (Lipinski definition) is 3. The van der Waals surface area contributed by atoms with Gasteiger partial charge >= 0.3 is 5.97 Å². The van der Waals surface area contributed by atoms with E-state index in [1.165, 1.54) is 6.08 Å². The van der Waals surface area contributed by atoms with Gasteiger partial charge in [0, 0.05) is 5.57 Å². The molecule has 0 saturated carbocycles. The molecule has 0 bridgehead atoms. The molecule has 0 atom stereocenters. The van der Waals surface area contributed by atoms with Crippen LogP contribution >= 0.6 is 0 Å². The third kappa shape index (κ3) is 3.03. The second kappa shape index (κ2) is 5.07. The molecule has 0 spiro atoms. The molecule has 0 radical (unpaired) electrons. The van der Waals surface area contributed by atoms with Crippen molar-refractivity contribution in [2.24, 2.45) is 0 Å². The Hall–Kier alpha value is -1.94. The van der Waals surface area contributed by atoms with Crippen molar-refractivity contribution >= 4 is 17.8 Å². The summed E-state index contributed by atoms with van der Waals surface area (Å²) in [5.41, 5.74) is 0.546. The molecule has 0 heterocycles. The van der Waals surface area contributed by atoms with Gasteiger partial charge in [-0.25, -0.2) is 4.79 Å². The van der Waals surface area contributed by atoms with E-state index in [0.29, 0.717) is 5.56 Å². The lowest BCUT2D eigenvalue weighted by atomic mass is 10.1. The lowest BCUT2D eigenvalue weighted by Gasteiger charge is -1.99. The summed E-state index contributed by atoms with van der Waals surface area (Å²) >= 11 is 0. The van der Waals surface area contributed by atoms with E-state index in [1.54, 1.807) is 30.3 Å². The maximum atomic E-state index is 11.1. The van der Waals surface area contributed by atoms with Crippen LogP contribution in [0.2, 0.25) is 0 Å². The average molecular weight is 206 g/mol. The van der Waals surface area contributed by atoms with Crippen molar-refractivity contribution in [3.63, 3.8) is 0 Å². The minimum absolute atomic E-state index is 0.131. The summed E-state index contributed by atoms with van der Waals surface area (Å²) in [6.45, 7) is -0.583. The zero-order valence-electron chi connectivity index (χ0n) is 7.88. The van der Waals surface area contributed by atoms with Crippen LogP contribution in [0.1, 0.15) is 5.56 Å². The van der Waals surface area contributed by atoms with Gasteiger partial charge in [-0.3, -0.25) is 4.79 Å². The van der Waals surface area contributed by atoms with Crippen molar-refractivity contribution in [2.45, 2.75) is 0 Å². The molecule has 0 aliphatic heterocycles. The highest BCUT2D eigenvalue weighted by molar-refractivity contribution is 6.40. The molecule has 1 aromatic carbocycles. The van der Waals surface area contributed by atoms with Gasteiger partial charge < -0.3 is 10.2 Å². The number of rotatable bonds is 4. The van der Waals surface area contributed by atoms with Crippen LogP contribution in [0.4, 0.5) is 0 Å². The number of ketones is 1. The van der Waals surface area contributed by atoms with Crippen LogP contribution in [-0.4, -0.2) is 28.6 Å². The molecule has 4 nitrogen and oxygen atoms in total. The Labute approximate surface area is 86.5 Å². The number of carboxylic acid groups (broad SMARTS) is 1. The molecule has 0 aliphatic carbocycles. The van der Waals surface area contributed by atoms with Crippen LogP contribution in [0.3, 0.4) is 0 Å². The first-order chi connectivity index (χ1) is 7.15. The fraction of sp³-hybridized carbons (Fsp3) is 0.0909. The molecule has 78 valence electrons. The van der Waals surface area contributed by atoms with Crippen LogP contribution in [-0.2, 0) is 9.59 Å². The van der Waals surface area contributed by atoms with Crippen molar-refractivity contribution in [1.29, 1.82) is 0 Å². The van der Waals surface area contributed by atoms with Crippen molar-refractivity contribution in [3.05, 3.63) is 41.5 Å². The van der Waals surface area contributed by atoms with E-state index in [-0.39, 0.29) is 5.57 Å². The summed E-state index contributed by atoms with van der Waals surface area (Å²) in [5.74, 6) is -2.65. The smallest absolute Gasteiger partial charge is 0.376 e. The molecular formula is C11H10O4. The van der Waals surface area contributed by atoms with Gasteiger partial charge in [-0.2, -0.15) is 0 Å². The topological polar surface area (TPSA) is 74.6 Å². The van der Waals surface area contributed by atoms with Gasteiger partial charge in [0.1, 0.15) is 0 Å². The largest absolute Gasteiger partial charge is 0.475 e. The highest BCUT2D eigenvalue weighted by atomic mass is 16.4. The molecule has 15 heavy (non-hydrogen) atoms. The lowest BCUT2D eigenvalue weighted by Crippen LogP contribution is -2.17. The Morgan fingerprint density at radius 3 is 2.27 bits per heavy atom. The minimum atomic E-state index is -1.56. The van der Waals surface area contributed by atoms with Crippen LogP contribution in [0.25, 0.3) is 6.08 Å². The predicted octanol–water partition coefficient (Wildman–Crippen LogP) is 0.716. The van der Waals surface area contributed by atoms with Gasteiger partial charge in [0.05, 0.1) is 6.61 Å². The van der Waals surface area contributed by atoms with Crippen molar-refractivity contribution < 1.29 is 19.8 Å². The van der Waals surface area contributed by atoms with Crippen molar-refractivity contribution in [1.82, 2.24) is 0 Å². The Morgan fingerprint density at radius 1 is 1.20 bits per heavy atom. The lowest BCUT2D eigenvalue weighted by molar-refractivity contribution is -0.147. The Kier molecular flexibility index (Phi) is 3.76. The first-order valence-electron chi connectivity index (χ1n) is 4.29. The molecule has 0 fully saturated rings. The molecule has 0 aliphatic rings. The van der Waals surface area contributed by atoms with Gasteiger partial charge in [-0.15, -0.1) is 0 Å². The molecule has 0 amide bonds. The average Bonchev–Trinajstić information content (AvgIpc) is 2.26. The van der Waals surface area contributed by atoms with Gasteiger partial charge in [-0.05, 0) is 11.6 Å². The predicted molar refractivity (Wildman–Crippen MR) is 54.1 cm³/mol. The molecule has 1 aromatic rings. The van der Waals surface area contributed by atoms with E-state index in [4.69, 9.17) is 10.2 Å². The number of hydrogen-bond donors (Lipinski definition) is 2. The van der Waals surface area contributed by atoms with E-state index < -0.39 is 18.4 Å². The Balaban J connectivity index is 2.98. The zero-order chi connectivity index (χ0) is 11.3. The zero-order valence-corrected chi connectivity index (χ0v) is 7.88. The third-order valence-corrected chi connectivity index (χ3v) is 1.80. The van der Waals surface area contributed by atoms with Crippen LogP contribution in [0.5, 0.6) is 0 Å². The Bertz CT molecular complexity index is 392. The number of benzene rings is 1. The summed E-state index contributed by atoms with van der Waals surface area (Å²) in [6, 6.07) is 8.74. The molecule has 0 unspecified atom stereocenters. The van der Waals surface area contributed by atoms with Crippen LogP contribution in [0.15, 0.2) is 35.9 Å². The summed E-state index contributed by atoms with van der Waals surface area (Å²) in [4.78, 5) is 21.4. The highest BCUT2D eigenvalue weighted by Gasteiger charge is 2.16. The van der Waals surface area contributed by atoms with E-state index in [9.17, 15) is 9.59 Å². The fourth-order valence-corrected chi connectivity index (χ4v) is 1.07. The number of carbonyl (C=O) groups excluding carboxylic acids is 1. The van der Waals surface area contributed by atoms with E-state index in [0.717, 1.165) is 0 Å². The molecular weight excluding hydrogens is 196 g/mol. The maximum absolute atomic E-state index is 11.1. The van der Waals surface area contributed by atoms with Crippen molar-refractivity contribution in [2.75, 3.05) is 6.61 Å². The van der Waals surface area contributed by atoms with E-state index in [1.807, 2.05) is 0 Å². The number of aliphatic hydroxyl groups excluding tert-OH is 1. The fourth-order valence-electron chi connectivity index (χ4n) is 1.07. The second-order valence-corrected chi connectivity index (χ2v) is 2.87. The quantitative estimate of drug-likeness (QED) is 0.562. The summed E-state index contributed by atoms with van der Waals surface area (Å²) < 4.78 is 0. The normalized spacial score (nSPS) is 11.1. The number of carboxylic acids is 1. The van der Waals surface area contributed by atoms with E-state index in [2.05, 4.69) is 0 Å². The summed E-state index contributed by atoms with van der Waals surface area (Å²) in [6.07, 6.45) is 1.36. The SMILES string of the molecule is O=C(O)C(=O)C(=Cc1ccccc1)CO. The summed E-state index contributed by atoms with van der Waals surface area (Å²) in [7, 11) is 0. The third-order valence-electron chi connectivity index (χ3n) is 1.80. The monoisotopic (exact) mass is 206 g/mol. The van der Waals surface area contributed by atoms with Crippen molar-refractivity contribution in [3.8, 4) is 0 Å². The molecule has 4 heteroatoms. The van der Waals surface area contributed by atoms with Gasteiger partial charge in [0.2, 0.25) is 0 Å². The number of aliphatic hydroxyl groups is 1. The molecule has 2 N–H and O–H groups in total. The number of aliphatic carboxylic acids is 1. The Morgan fingerprint density at radius 2 is 1.80 bits per heavy atom. The molecule has 0 aromatic heterocycles. The number of Topliss-reactive ketones (excluding diaryl/α,β-unsaturated/α-hetero) is 1. The first kappa shape index (κ1) is 11.1. The first-order valence-corrected chi connectivity index (χ1v) is 4.29. The van der Waals surface area contributed by atoms with Gasteiger partial charge in [-0.1, -0.05) is 30.3 Å². The second-order valence-electron chi connectivity index (χ2n) is 2.87. The highest BCUT2D eigenvalue weighted by Crippen LogP contribution is 2.07. The number of carbonyl (C=O) groups is 2. The standard InChI is InChI=1S/C11H10O4/c12-7-9(10(13)11(14)15)6-8-4-2-1-3-5-8/h1-6,12H,7H2,(H,14,15). The molecule has 1 rings (SSSR count). The minimum Gasteiger partial charge on any atom is -0.475 e. The maximum Gasteiger partial charge on any atom is 0.376 e.